The first-order chi connectivity index (χ1) is 8.69. The van der Waals surface area contributed by atoms with Crippen LogP contribution in [0.15, 0.2) is 24.3 Å². The quantitative estimate of drug-likeness (QED) is 0.857. The number of rotatable bonds is 4. The van der Waals surface area contributed by atoms with Crippen LogP contribution in [0.5, 0.6) is 0 Å². The number of benzene rings is 1. The molecule has 0 unspecified atom stereocenters. The Bertz CT molecular complexity index is 409. The highest BCUT2D eigenvalue weighted by Gasteiger charge is 2.19. The van der Waals surface area contributed by atoms with Gasteiger partial charge in [0.15, 0.2) is 0 Å². The van der Waals surface area contributed by atoms with Crippen molar-refractivity contribution in [2.45, 2.75) is 45.1 Å². The molecule has 0 bridgehead atoms. The Morgan fingerprint density at radius 1 is 1.33 bits per heavy atom. The van der Waals surface area contributed by atoms with E-state index < -0.39 is 0 Å². The average Bonchev–Trinajstić information content (AvgIpc) is 2.40. The van der Waals surface area contributed by atoms with Gasteiger partial charge in [-0.25, -0.2) is 0 Å². The standard InChI is InChI=1S/C15H22N2O/c1-2-11-6-8-13(9-7-11)17-14-5-3-4-12(10-14)15(16)18/h3-5,10-11,13,17H,2,6-9H2,1H3,(H2,16,18). The summed E-state index contributed by atoms with van der Waals surface area (Å²) in [5, 5.41) is 3.51. The van der Waals surface area contributed by atoms with Gasteiger partial charge in [-0.05, 0) is 49.8 Å². The van der Waals surface area contributed by atoms with Crippen LogP contribution in [0.25, 0.3) is 0 Å². The number of carbonyl (C=O) groups excluding carboxylic acids is 1. The predicted molar refractivity (Wildman–Crippen MR) is 74.6 cm³/mol. The summed E-state index contributed by atoms with van der Waals surface area (Å²) in [5.74, 6) is 0.536. The van der Waals surface area contributed by atoms with Crippen LogP contribution in [0.3, 0.4) is 0 Å². The van der Waals surface area contributed by atoms with Gasteiger partial charge in [0.25, 0.3) is 0 Å². The zero-order valence-electron chi connectivity index (χ0n) is 11.0. The van der Waals surface area contributed by atoms with Gasteiger partial charge in [0, 0.05) is 17.3 Å². The average molecular weight is 246 g/mol. The molecule has 0 heterocycles. The molecule has 1 saturated carbocycles. The van der Waals surface area contributed by atoms with Crippen LogP contribution in [-0.2, 0) is 0 Å². The summed E-state index contributed by atoms with van der Waals surface area (Å²) < 4.78 is 0. The number of hydrogen-bond donors (Lipinski definition) is 2. The van der Waals surface area contributed by atoms with Crippen LogP contribution in [0.1, 0.15) is 49.4 Å². The lowest BCUT2D eigenvalue weighted by atomic mass is 9.84. The van der Waals surface area contributed by atoms with E-state index in [9.17, 15) is 4.79 Å². The number of anilines is 1. The molecule has 3 N–H and O–H groups in total. The minimum Gasteiger partial charge on any atom is -0.382 e. The fourth-order valence-corrected chi connectivity index (χ4v) is 2.71. The van der Waals surface area contributed by atoms with Gasteiger partial charge in [-0.1, -0.05) is 19.4 Å². The molecule has 18 heavy (non-hydrogen) atoms. The van der Waals surface area contributed by atoms with Crippen LogP contribution >= 0.6 is 0 Å². The minimum atomic E-state index is -0.367. The molecule has 0 radical (unpaired) electrons. The first kappa shape index (κ1) is 12.9. The molecule has 1 aliphatic carbocycles. The Balaban J connectivity index is 1.94. The zero-order chi connectivity index (χ0) is 13.0. The fourth-order valence-electron chi connectivity index (χ4n) is 2.71. The second-order valence-electron chi connectivity index (χ2n) is 5.22. The number of amides is 1. The second kappa shape index (κ2) is 5.89. The SMILES string of the molecule is CCC1CCC(Nc2cccc(C(N)=O)c2)CC1. The largest absolute Gasteiger partial charge is 0.382 e. The molecule has 0 atom stereocenters. The molecule has 1 amide bonds. The Hall–Kier alpha value is -1.51. The van der Waals surface area contributed by atoms with Crippen molar-refractivity contribution in [1.29, 1.82) is 0 Å². The molecule has 2 rings (SSSR count). The van der Waals surface area contributed by atoms with Gasteiger partial charge < -0.3 is 11.1 Å². The number of nitrogens with one attached hydrogen (secondary N) is 1. The monoisotopic (exact) mass is 246 g/mol. The third-order valence-electron chi connectivity index (χ3n) is 3.94. The maximum absolute atomic E-state index is 11.1. The Labute approximate surface area is 109 Å². The van der Waals surface area contributed by atoms with Crippen molar-refractivity contribution < 1.29 is 4.79 Å². The first-order valence-corrected chi connectivity index (χ1v) is 6.85. The first-order valence-electron chi connectivity index (χ1n) is 6.85. The molecule has 0 aliphatic heterocycles. The van der Waals surface area contributed by atoms with Gasteiger partial charge in [0.2, 0.25) is 5.91 Å². The van der Waals surface area contributed by atoms with Crippen LogP contribution < -0.4 is 11.1 Å². The summed E-state index contributed by atoms with van der Waals surface area (Å²) >= 11 is 0. The molecule has 0 aromatic heterocycles. The number of carbonyl (C=O) groups is 1. The third kappa shape index (κ3) is 3.25. The normalized spacial score (nSPS) is 23.6. The van der Waals surface area contributed by atoms with E-state index in [-0.39, 0.29) is 5.91 Å². The molecule has 3 nitrogen and oxygen atoms in total. The summed E-state index contributed by atoms with van der Waals surface area (Å²) in [7, 11) is 0. The molecular formula is C15H22N2O. The summed E-state index contributed by atoms with van der Waals surface area (Å²) in [4.78, 5) is 11.1. The maximum Gasteiger partial charge on any atom is 0.248 e. The van der Waals surface area contributed by atoms with Crippen LogP contribution in [0, 0.1) is 5.92 Å². The summed E-state index contributed by atoms with van der Waals surface area (Å²) in [6.45, 7) is 2.27. The van der Waals surface area contributed by atoms with Crippen molar-refractivity contribution in [3.8, 4) is 0 Å². The summed E-state index contributed by atoms with van der Waals surface area (Å²) in [6, 6.07) is 8.00. The van der Waals surface area contributed by atoms with Crippen molar-refractivity contribution >= 4 is 11.6 Å². The van der Waals surface area contributed by atoms with Crippen molar-refractivity contribution in [2.24, 2.45) is 11.7 Å². The van der Waals surface area contributed by atoms with Crippen molar-refractivity contribution in [2.75, 3.05) is 5.32 Å². The molecule has 1 fully saturated rings. The highest BCUT2D eigenvalue weighted by molar-refractivity contribution is 5.93. The van der Waals surface area contributed by atoms with Crippen LogP contribution in [0.4, 0.5) is 5.69 Å². The fraction of sp³-hybridized carbons (Fsp3) is 0.533. The second-order valence-corrected chi connectivity index (χ2v) is 5.22. The minimum absolute atomic E-state index is 0.367. The lowest BCUT2D eigenvalue weighted by Gasteiger charge is -2.29. The molecule has 0 spiro atoms. The van der Waals surface area contributed by atoms with Crippen LogP contribution in [-0.4, -0.2) is 11.9 Å². The molecule has 98 valence electrons. The van der Waals surface area contributed by atoms with Crippen molar-refractivity contribution in [3.05, 3.63) is 29.8 Å². The van der Waals surface area contributed by atoms with Gasteiger partial charge in [0.1, 0.15) is 0 Å². The molecular weight excluding hydrogens is 224 g/mol. The van der Waals surface area contributed by atoms with Gasteiger partial charge in [0.05, 0.1) is 0 Å². The van der Waals surface area contributed by atoms with Gasteiger partial charge in [-0.15, -0.1) is 0 Å². The molecule has 3 heteroatoms. The Morgan fingerprint density at radius 3 is 2.67 bits per heavy atom. The highest BCUT2D eigenvalue weighted by Crippen LogP contribution is 2.28. The molecule has 1 aromatic carbocycles. The number of primary amides is 1. The number of hydrogen-bond acceptors (Lipinski definition) is 2. The Kier molecular flexibility index (Phi) is 4.24. The number of nitrogens with two attached hydrogens (primary N) is 1. The van der Waals surface area contributed by atoms with E-state index in [1.165, 1.54) is 32.1 Å². The molecule has 0 saturated heterocycles. The predicted octanol–water partition coefficient (Wildman–Crippen LogP) is 3.17. The topological polar surface area (TPSA) is 55.1 Å². The van der Waals surface area contributed by atoms with E-state index in [0.29, 0.717) is 11.6 Å². The van der Waals surface area contributed by atoms with Gasteiger partial charge in [-0.2, -0.15) is 0 Å². The smallest absolute Gasteiger partial charge is 0.248 e. The van der Waals surface area contributed by atoms with Crippen molar-refractivity contribution in [1.82, 2.24) is 0 Å². The van der Waals surface area contributed by atoms with E-state index in [1.54, 1.807) is 6.07 Å². The lowest BCUT2D eigenvalue weighted by molar-refractivity contribution is 0.100. The van der Waals surface area contributed by atoms with E-state index in [2.05, 4.69) is 12.2 Å². The lowest BCUT2D eigenvalue weighted by Crippen LogP contribution is -2.26. The van der Waals surface area contributed by atoms with E-state index in [4.69, 9.17) is 5.73 Å². The summed E-state index contributed by atoms with van der Waals surface area (Å²) in [5.41, 5.74) is 6.86. The van der Waals surface area contributed by atoms with Crippen LogP contribution in [0.2, 0.25) is 0 Å². The van der Waals surface area contributed by atoms with Crippen molar-refractivity contribution in [3.63, 3.8) is 0 Å². The van der Waals surface area contributed by atoms with E-state index >= 15 is 0 Å². The Morgan fingerprint density at radius 2 is 2.06 bits per heavy atom. The van der Waals surface area contributed by atoms with Gasteiger partial charge in [-0.3, -0.25) is 4.79 Å². The third-order valence-corrected chi connectivity index (χ3v) is 3.94. The summed E-state index contributed by atoms with van der Waals surface area (Å²) in [6.07, 6.45) is 6.36. The van der Waals surface area contributed by atoms with Gasteiger partial charge >= 0.3 is 0 Å². The highest BCUT2D eigenvalue weighted by atomic mass is 16.1. The zero-order valence-corrected chi connectivity index (χ0v) is 11.0. The van der Waals surface area contributed by atoms with E-state index in [0.717, 1.165) is 11.6 Å². The maximum atomic E-state index is 11.1. The molecule has 1 aliphatic rings. The molecule has 1 aromatic rings. The van der Waals surface area contributed by atoms with E-state index in [1.807, 2.05) is 18.2 Å².